The minimum Gasteiger partial charge on any atom is -0.492 e. The highest BCUT2D eigenvalue weighted by molar-refractivity contribution is 9.10. The third kappa shape index (κ3) is 6.44. The van der Waals surface area contributed by atoms with Crippen molar-refractivity contribution < 1.29 is 4.74 Å². The second kappa shape index (κ2) is 8.60. The predicted octanol–water partition coefficient (Wildman–Crippen LogP) is 4.62. The zero-order valence-corrected chi connectivity index (χ0v) is 14.1. The first-order valence-electron chi connectivity index (χ1n) is 7.11. The first-order valence-corrected chi connectivity index (χ1v) is 7.91. The van der Waals surface area contributed by atoms with E-state index in [1.54, 1.807) is 0 Å². The van der Waals surface area contributed by atoms with Crippen LogP contribution in [0, 0.1) is 11.8 Å². The summed E-state index contributed by atoms with van der Waals surface area (Å²) in [6.45, 7) is 11.5. The van der Waals surface area contributed by atoms with Crippen molar-refractivity contribution in [3.05, 3.63) is 28.2 Å². The monoisotopic (exact) mass is 327 g/mol. The Hall–Kier alpha value is -0.540. The quantitative estimate of drug-likeness (QED) is 0.752. The molecule has 19 heavy (non-hydrogen) atoms. The van der Waals surface area contributed by atoms with Gasteiger partial charge >= 0.3 is 0 Å². The van der Waals surface area contributed by atoms with E-state index in [4.69, 9.17) is 4.74 Å². The Bertz CT molecular complexity index is 377. The molecule has 0 bridgehead atoms. The second-order valence-corrected chi connectivity index (χ2v) is 6.64. The molecule has 0 saturated heterocycles. The van der Waals surface area contributed by atoms with E-state index in [-0.39, 0.29) is 0 Å². The van der Waals surface area contributed by atoms with Crippen LogP contribution in [0.5, 0.6) is 5.75 Å². The predicted molar refractivity (Wildman–Crippen MR) is 85.6 cm³/mol. The fraction of sp³-hybridized carbons (Fsp3) is 0.625. The lowest BCUT2D eigenvalue weighted by Gasteiger charge is -2.15. The van der Waals surface area contributed by atoms with E-state index >= 15 is 0 Å². The van der Waals surface area contributed by atoms with E-state index in [1.807, 2.05) is 6.07 Å². The summed E-state index contributed by atoms with van der Waals surface area (Å²) in [7, 11) is 0. The van der Waals surface area contributed by atoms with E-state index in [2.05, 4.69) is 61.1 Å². The van der Waals surface area contributed by atoms with Gasteiger partial charge in [0.2, 0.25) is 0 Å². The van der Waals surface area contributed by atoms with E-state index in [0.29, 0.717) is 11.8 Å². The van der Waals surface area contributed by atoms with Crippen molar-refractivity contribution in [2.75, 3.05) is 13.2 Å². The third-order valence-corrected chi connectivity index (χ3v) is 3.48. The lowest BCUT2D eigenvalue weighted by molar-refractivity contribution is 0.284. The molecule has 1 aromatic carbocycles. The number of hydrogen-bond acceptors (Lipinski definition) is 2. The van der Waals surface area contributed by atoms with Gasteiger partial charge in [0.15, 0.2) is 0 Å². The van der Waals surface area contributed by atoms with Crippen LogP contribution < -0.4 is 10.1 Å². The zero-order chi connectivity index (χ0) is 14.3. The topological polar surface area (TPSA) is 21.3 Å². The molecule has 0 unspecified atom stereocenters. The molecule has 0 heterocycles. The Morgan fingerprint density at radius 2 is 1.89 bits per heavy atom. The van der Waals surface area contributed by atoms with Crippen LogP contribution in [0.1, 0.15) is 39.7 Å². The normalized spacial score (nSPS) is 11.3. The van der Waals surface area contributed by atoms with Gasteiger partial charge in [-0.15, -0.1) is 0 Å². The molecule has 108 valence electrons. The van der Waals surface area contributed by atoms with Gasteiger partial charge in [0, 0.05) is 12.1 Å². The van der Waals surface area contributed by atoms with Crippen LogP contribution in [0.4, 0.5) is 0 Å². The maximum Gasteiger partial charge on any atom is 0.137 e. The Balaban J connectivity index is 2.61. The summed E-state index contributed by atoms with van der Waals surface area (Å²) in [5, 5.41) is 3.47. The largest absolute Gasteiger partial charge is 0.492 e. The van der Waals surface area contributed by atoms with Crippen molar-refractivity contribution in [2.24, 2.45) is 11.8 Å². The Morgan fingerprint density at radius 1 is 1.16 bits per heavy atom. The number of para-hydroxylation sites is 1. The van der Waals surface area contributed by atoms with Crippen LogP contribution in [0.15, 0.2) is 22.7 Å². The maximum absolute atomic E-state index is 5.95. The average molecular weight is 328 g/mol. The van der Waals surface area contributed by atoms with E-state index in [0.717, 1.165) is 36.3 Å². The smallest absolute Gasteiger partial charge is 0.137 e. The second-order valence-electron chi connectivity index (χ2n) is 5.78. The van der Waals surface area contributed by atoms with E-state index in [1.165, 1.54) is 5.56 Å². The SMILES string of the molecule is CC(C)CCOc1c(Br)cccc1CNCC(C)C. The summed E-state index contributed by atoms with van der Waals surface area (Å²) in [6.07, 6.45) is 1.08. The molecule has 2 nitrogen and oxygen atoms in total. The summed E-state index contributed by atoms with van der Waals surface area (Å²) in [5.41, 5.74) is 1.22. The first-order chi connectivity index (χ1) is 9.00. The minimum atomic E-state index is 0.664. The fourth-order valence-electron chi connectivity index (χ4n) is 1.75. The van der Waals surface area contributed by atoms with Gasteiger partial charge < -0.3 is 10.1 Å². The van der Waals surface area contributed by atoms with E-state index in [9.17, 15) is 0 Å². The highest BCUT2D eigenvalue weighted by Gasteiger charge is 2.08. The summed E-state index contributed by atoms with van der Waals surface area (Å²) in [5.74, 6) is 2.32. The van der Waals surface area contributed by atoms with Gasteiger partial charge in [-0.3, -0.25) is 0 Å². The maximum atomic E-state index is 5.95. The molecule has 3 heteroatoms. The van der Waals surface area contributed by atoms with Crippen molar-refractivity contribution >= 4 is 15.9 Å². The number of benzene rings is 1. The van der Waals surface area contributed by atoms with Crippen LogP contribution >= 0.6 is 15.9 Å². The summed E-state index contributed by atoms with van der Waals surface area (Å²) in [6, 6.07) is 6.23. The number of nitrogens with one attached hydrogen (secondary N) is 1. The molecule has 1 N–H and O–H groups in total. The number of halogens is 1. The van der Waals surface area contributed by atoms with E-state index < -0.39 is 0 Å². The first kappa shape index (κ1) is 16.5. The van der Waals surface area contributed by atoms with Gasteiger partial charge in [0.25, 0.3) is 0 Å². The average Bonchev–Trinajstić information content (AvgIpc) is 2.31. The molecular weight excluding hydrogens is 302 g/mol. The van der Waals surface area contributed by atoms with Gasteiger partial charge in [-0.25, -0.2) is 0 Å². The lowest BCUT2D eigenvalue weighted by Crippen LogP contribution is -2.19. The zero-order valence-electron chi connectivity index (χ0n) is 12.5. The molecular formula is C16H26BrNO. The highest BCUT2D eigenvalue weighted by atomic mass is 79.9. The molecule has 0 saturated carbocycles. The van der Waals surface area contributed by atoms with Crippen molar-refractivity contribution in [2.45, 2.75) is 40.7 Å². The van der Waals surface area contributed by atoms with Gasteiger partial charge in [0.1, 0.15) is 5.75 Å². The van der Waals surface area contributed by atoms with Crippen molar-refractivity contribution in [1.82, 2.24) is 5.32 Å². The van der Waals surface area contributed by atoms with Crippen LogP contribution in [0.2, 0.25) is 0 Å². The van der Waals surface area contributed by atoms with Gasteiger partial charge in [-0.1, -0.05) is 39.8 Å². The molecule has 0 radical (unpaired) electrons. The molecule has 1 rings (SSSR count). The van der Waals surface area contributed by atoms with Crippen molar-refractivity contribution in [3.8, 4) is 5.75 Å². The fourth-order valence-corrected chi connectivity index (χ4v) is 2.27. The standard InChI is InChI=1S/C16H26BrNO/c1-12(2)8-9-19-16-14(6-5-7-15(16)17)11-18-10-13(3)4/h5-7,12-13,18H,8-11H2,1-4H3. The van der Waals surface area contributed by atoms with Crippen LogP contribution in [0.3, 0.4) is 0 Å². The molecule has 0 spiro atoms. The molecule has 0 aliphatic heterocycles. The highest BCUT2D eigenvalue weighted by Crippen LogP contribution is 2.29. The molecule has 0 aliphatic rings. The number of ether oxygens (including phenoxy) is 1. The Kier molecular flexibility index (Phi) is 7.47. The molecule has 0 atom stereocenters. The van der Waals surface area contributed by atoms with Gasteiger partial charge in [0.05, 0.1) is 11.1 Å². The van der Waals surface area contributed by atoms with Crippen molar-refractivity contribution in [3.63, 3.8) is 0 Å². The molecule has 0 amide bonds. The van der Waals surface area contributed by atoms with Crippen LogP contribution in [-0.2, 0) is 6.54 Å². The van der Waals surface area contributed by atoms with Crippen LogP contribution in [0.25, 0.3) is 0 Å². The van der Waals surface area contributed by atoms with Crippen LogP contribution in [-0.4, -0.2) is 13.2 Å². The Morgan fingerprint density at radius 3 is 2.53 bits per heavy atom. The third-order valence-electron chi connectivity index (χ3n) is 2.86. The minimum absolute atomic E-state index is 0.664. The lowest BCUT2D eigenvalue weighted by atomic mass is 10.1. The summed E-state index contributed by atoms with van der Waals surface area (Å²) >= 11 is 3.58. The number of rotatable bonds is 8. The summed E-state index contributed by atoms with van der Waals surface area (Å²) < 4.78 is 6.99. The summed E-state index contributed by atoms with van der Waals surface area (Å²) in [4.78, 5) is 0. The van der Waals surface area contributed by atoms with Gasteiger partial charge in [-0.05, 0) is 46.8 Å². The molecule has 0 aliphatic carbocycles. The molecule has 1 aromatic rings. The molecule has 0 fully saturated rings. The van der Waals surface area contributed by atoms with Gasteiger partial charge in [-0.2, -0.15) is 0 Å². The van der Waals surface area contributed by atoms with Crippen molar-refractivity contribution in [1.29, 1.82) is 0 Å². The number of hydrogen-bond donors (Lipinski definition) is 1. The Labute approximate surface area is 126 Å². The molecule has 0 aromatic heterocycles.